The number of hydrogen-bond acceptors (Lipinski definition) is 2. The second kappa shape index (κ2) is 6.23. The molecule has 0 aromatic heterocycles. The molecule has 1 unspecified atom stereocenters. The lowest BCUT2D eigenvalue weighted by atomic mass is 9.74. The lowest BCUT2D eigenvalue weighted by Gasteiger charge is -2.49. The van der Waals surface area contributed by atoms with Crippen LogP contribution in [0.4, 0.5) is 5.69 Å². The van der Waals surface area contributed by atoms with Crippen molar-refractivity contribution in [3.8, 4) is 0 Å². The molecule has 1 saturated heterocycles. The van der Waals surface area contributed by atoms with Gasteiger partial charge in [0, 0.05) is 24.1 Å². The Morgan fingerprint density at radius 3 is 2.39 bits per heavy atom. The molecule has 2 aliphatic heterocycles. The highest BCUT2D eigenvalue weighted by Gasteiger charge is 2.57. The van der Waals surface area contributed by atoms with Gasteiger partial charge >= 0.3 is 0 Å². The van der Waals surface area contributed by atoms with Crippen LogP contribution in [0.25, 0.3) is 6.08 Å². The molecule has 1 amide bonds. The number of carbonyl (C=O) groups is 1. The molecule has 2 aliphatic rings. The molecule has 0 aliphatic carbocycles. The highest BCUT2D eigenvalue weighted by atomic mass is 16.2. The predicted octanol–water partition coefficient (Wildman–Crippen LogP) is 5.01. The van der Waals surface area contributed by atoms with E-state index in [1.165, 1.54) is 16.8 Å². The average Bonchev–Trinajstić information content (AvgIpc) is 2.84. The van der Waals surface area contributed by atoms with Crippen molar-refractivity contribution in [2.45, 2.75) is 57.5 Å². The van der Waals surface area contributed by atoms with E-state index in [-0.39, 0.29) is 16.7 Å². The summed E-state index contributed by atoms with van der Waals surface area (Å²) < 4.78 is 0. The average molecular weight is 375 g/mol. The van der Waals surface area contributed by atoms with E-state index >= 15 is 0 Å². The Hall–Kier alpha value is -2.55. The first-order valence-corrected chi connectivity index (χ1v) is 10.1. The molecule has 0 spiro atoms. The number of rotatable bonds is 2. The van der Waals surface area contributed by atoms with E-state index in [0.717, 1.165) is 12.1 Å². The van der Waals surface area contributed by atoms with Crippen molar-refractivity contribution in [1.82, 2.24) is 5.32 Å². The fourth-order valence-electron chi connectivity index (χ4n) is 4.63. The molecular weight excluding hydrogens is 344 g/mol. The molecule has 4 rings (SSSR count). The molecule has 3 nitrogen and oxygen atoms in total. The van der Waals surface area contributed by atoms with Crippen molar-refractivity contribution < 1.29 is 4.79 Å². The Morgan fingerprint density at radius 2 is 1.71 bits per heavy atom. The molecule has 1 atom stereocenters. The van der Waals surface area contributed by atoms with Gasteiger partial charge in [0.25, 0.3) is 0 Å². The molecule has 0 saturated carbocycles. The van der Waals surface area contributed by atoms with Crippen molar-refractivity contribution in [3.05, 3.63) is 71.3 Å². The predicted molar refractivity (Wildman–Crippen MR) is 116 cm³/mol. The number of amides is 1. The number of para-hydroxylation sites is 1. The standard InChI is InChI=1S/C25H30N2O/c1-23(2,3)19-12-10-18(11-13-19)14-16-25-24(4,5)20-8-6-7-9-21(20)27(25)17-15-22(28)26-25/h6-14,16H,15,17H2,1-5H3,(H,26,28). The summed E-state index contributed by atoms with van der Waals surface area (Å²) in [5.41, 5.74) is 4.34. The van der Waals surface area contributed by atoms with Gasteiger partial charge in [-0.2, -0.15) is 0 Å². The number of nitrogens with one attached hydrogen (secondary N) is 1. The topological polar surface area (TPSA) is 32.3 Å². The van der Waals surface area contributed by atoms with Crippen LogP contribution in [0.1, 0.15) is 57.7 Å². The molecule has 0 radical (unpaired) electrons. The number of anilines is 1. The number of hydrogen-bond donors (Lipinski definition) is 1. The van der Waals surface area contributed by atoms with E-state index in [4.69, 9.17) is 0 Å². The Balaban J connectivity index is 1.75. The van der Waals surface area contributed by atoms with E-state index in [0.29, 0.717) is 6.42 Å². The van der Waals surface area contributed by atoms with Crippen LogP contribution in [-0.4, -0.2) is 18.1 Å². The van der Waals surface area contributed by atoms with Gasteiger partial charge in [0.1, 0.15) is 5.66 Å². The first-order valence-electron chi connectivity index (χ1n) is 10.1. The zero-order valence-corrected chi connectivity index (χ0v) is 17.5. The second-order valence-electron chi connectivity index (χ2n) is 9.56. The largest absolute Gasteiger partial charge is 0.344 e. The van der Waals surface area contributed by atoms with Crippen LogP contribution >= 0.6 is 0 Å². The fraction of sp³-hybridized carbons (Fsp3) is 0.400. The molecular formula is C25H30N2O. The first-order chi connectivity index (χ1) is 13.1. The molecule has 2 heterocycles. The summed E-state index contributed by atoms with van der Waals surface area (Å²) in [6.45, 7) is 11.9. The Morgan fingerprint density at radius 1 is 1.04 bits per heavy atom. The third kappa shape index (κ3) is 2.76. The van der Waals surface area contributed by atoms with Crippen LogP contribution in [0.15, 0.2) is 54.6 Å². The van der Waals surface area contributed by atoms with Crippen molar-refractivity contribution in [2.24, 2.45) is 0 Å². The summed E-state index contributed by atoms with van der Waals surface area (Å²) >= 11 is 0. The van der Waals surface area contributed by atoms with Crippen molar-refractivity contribution >= 4 is 17.7 Å². The zero-order chi connectivity index (χ0) is 20.2. The maximum absolute atomic E-state index is 12.4. The lowest BCUT2D eigenvalue weighted by molar-refractivity contribution is -0.124. The molecule has 146 valence electrons. The summed E-state index contributed by atoms with van der Waals surface area (Å²) in [6, 6.07) is 17.2. The highest BCUT2D eigenvalue weighted by molar-refractivity contribution is 5.84. The van der Waals surface area contributed by atoms with Gasteiger partial charge in [-0.3, -0.25) is 4.79 Å². The number of carbonyl (C=O) groups excluding carboxylic acids is 1. The fourth-order valence-corrected chi connectivity index (χ4v) is 4.63. The maximum atomic E-state index is 12.4. The molecule has 1 N–H and O–H groups in total. The lowest BCUT2D eigenvalue weighted by Crippen LogP contribution is -2.68. The minimum Gasteiger partial charge on any atom is -0.344 e. The Labute approximate surface area is 168 Å². The van der Waals surface area contributed by atoms with E-state index in [1.807, 2.05) is 0 Å². The van der Waals surface area contributed by atoms with Gasteiger partial charge in [-0.15, -0.1) is 0 Å². The third-order valence-corrected chi connectivity index (χ3v) is 6.43. The van der Waals surface area contributed by atoms with Gasteiger partial charge in [-0.25, -0.2) is 0 Å². The van der Waals surface area contributed by atoms with Gasteiger partial charge in [0.15, 0.2) is 0 Å². The smallest absolute Gasteiger partial charge is 0.223 e. The quantitative estimate of drug-likeness (QED) is 0.801. The van der Waals surface area contributed by atoms with E-state index in [9.17, 15) is 4.79 Å². The summed E-state index contributed by atoms with van der Waals surface area (Å²) in [5, 5.41) is 3.34. The van der Waals surface area contributed by atoms with Gasteiger partial charge in [0.2, 0.25) is 5.91 Å². The molecule has 0 bridgehead atoms. The number of fused-ring (bicyclic) bond motifs is 3. The van der Waals surface area contributed by atoms with Gasteiger partial charge in [-0.05, 0) is 34.2 Å². The zero-order valence-electron chi connectivity index (χ0n) is 17.5. The Bertz CT molecular complexity index is 934. The van der Waals surface area contributed by atoms with Crippen LogP contribution in [-0.2, 0) is 15.6 Å². The van der Waals surface area contributed by atoms with Gasteiger partial charge in [0.05, 0.1) is 0 Å². The second-order valence-corrected chi connectivity index (χ2v) is 9.56. The summed E-state index contributed by atoms with van der Waals surface area (Å²) in [5.74, 6) is 0.116. The third-order valence-electron chi connectivity index (χ3n) is 6.43. The van der Waals surface area contributed by atoms with E-state index in [1.54, 1.807) is 0 Å². The van der Waals surface area contributed by atoms with Crippen LogP contribution in [0.2, 0.25) is 0 Å². The molecule has 1 fully saturated rings. The number of benzene rings is 2. The molecule has 2 aromatic carbocycles. The summed E-state index contributed by atoms with van der Waals surface area (Å²) in [7, 11) is 0. The van der Waals surface area contributed by atoms with E-state index in [2.05, 4.69) is 106 Å². The van der Waals surface area contributed by atoms with Crippen molar-refractivity contribution in [2.75, 3.05) is 11.4 Å². The first kappa shape index (κ1) is 18.8. The SMILES string of the molecule is CC(C)(C)c1ccc(C=CC23NC(=O)CCN2c2ccccc2C3(C)C)cc1. The normalized spacial score (nSPS) is 23.5. The molecule has 28 heavy (non-hydrogen) atoms. The van der Waals surface area contributed by atoms with Crippen LogP contribution in [0, 0.1) is 0 Å². The van der Waals surface area contributed by atoms with Crippen molar-refractivity contribution in [1.29, 1.82) is 0 Å². The van der Waals surface area contributed by atoms with Crippen LogP contribution < -0.4 is 10.2 Å². The monoisotopic (exact) mass is 374 g/mol. The minimum absolute atomic E-state index is 0.116. The number of nitrogens with zero attached hydrogens (tertiary/aromatic N) is 1. The van der Waals surface area contributed by atoms with Gasteiger partial charge in [-0.1, -0.05) is 83.2 Å². The van der Waals surface area contributed by atoms with Crippen LogP contribution in [0.5, 0.6) is 0 Å². The maximum Gasteiger partial charge on any atom is 0.223 e. The highest BCUT2D eigenvalue weighted by Crippen LogP contribution is 2.52. The Kier molecular flexibility index (Phi) is 4.18. The van der Waals surface area contributed by atoms with Crippen LogP contribution in [0.3, 0.4) is 0 Å². The molecule has 2 aromatic rings. The van der Waals surface area contributed by atoms with Crippen molar-refractivity contribution in [3.63, 3.8) is 0 Å². The van der Waals surface area contributed by atoms with E-state index < -0.39 is 5.66 Å². The van der Waals surface area contributed by atoms with Gasteiger partial charge < -0.3 is 10.2 Å². The summed E-state index contributed by atoms with van der Waals surface area (Å²) in [6.07, 6.45) is 4.87. The minimum atomic E-state index is -0.547. The molecule has 3 heteroatoms. The summed E-state index contributed by atoms with van der Waals surface area (Å²) in [4.78, 5) is 14.8.